The quantitative estimate of drug-likeness (QED) is 0.687. The fourth-order valence-corrected chi connectivity index (χ4v) is 3.65. The molecule has 2 N–H and O–H groups in total. The van der Waals surface area contributed by atoms with Crippen molar-refractivity contribution < 1.29 is 19.2 Å². The van der Waals surface area contributed by atoms with E-state index in [1.807, 2.05) is 18.2 Å². The van der Waals surface area contributed by atoms with Gasteiger partial charge in [-0.2, -0.15) is 0 Å². The molecule has 0 aliphatic carbocycles. The van der Waals surface area contributed by atoms with E-state index in [1.54, 1.807) is 41.3 Å². The first-order chi connectivity index (χ1) is 13.7. The first-order valence-corrected chi connectivity index (χ1v) is 10.1. The number of piperidine rings is 1. The van der Waals surface area contributed by atoms with Gasteiger partial charge in [-0.3, -0.25) is 9.59 Å². The molecule has 0 aromatic heterocycles. The minimum absolute atomic E-state index is 0.00594. The number of likely N-dealkylation sites (tertiary alicyclic amines) is 1. The fourth-order valence-electron chi connectivity index (χ4n) is 3.65. The minimum atomic E-state index is -0.0895. The Bertz CT molecular complexity index is 766. The maximum absolute atomic E-state index is 12.4. The molecule has 5 nitrogen and oxygen atoms in total. The molecule has 1 aliphatic heterocycles. The number of ketones is 1. The molecule has 0 bridgehead atoms. The molecular weight excluding hydrogens is 352 g/mol. The van der Waals surface area contributed by atoms with Gasteiger partial charge in [0.2, 0.25) is 0 Å². The van der Waals surface area contributed by atoms with Gasteiger partial charge in [-0.05, 0) is 30.7 Å². The van der Waals surface area contributed by atoms with Crippen molar-refractivity contribution in [1.29, 1.82) is 0 Å². The SMILES string of the molecule is CCC[NH+]1CCC(NC(=O)COc2ccc(C(=O)c3ccccc3)cc2)CC1. The zero-order valence-electron chi connectivity index (χ0n) is 16.4. The van der Waals surface area contributed by atoms with Crippen LogP contribution in [-0.4, -0.2) is 44.0 Å². The van der Waals surface area contributed by atoms with Crippen molar-refractivity contribution >= 4 is 11.7 Å². The van der Waals surface area contributed by atoms with E-state index in [0.717, 1.165) is 25.9 Å². The third kappa shape index (κ3) is 5.67. The Morgan fingerprint density at radius 3 is 2.29 bits per heavy atom. The average Bonchev–Trinajstić information content (AvgIpc) is 2.74. The van der Waals surface area contributed by atoms with Gasteiger partial charge in [0.15, 0.2) is 12.4 Å². The Kier molecular flexibility index (Phi) is 7.20. The van der Waals surface area contributed by atoms with Crippen LogP contribution in [0.2, 0.25) is 0 Å². The predicted octanol–water partition coefficient (Wildman–Crippen LogP) is 1.87. The van der Waals surface area contributed by atoms with Crippen molar-refractivity contribution in [3.63, 3.8) is 0 Å². The Morgan fingerprint density at radius 1 is 1.00 bits per heavy atom. The monoisotopic (exact) mass is 381 g/mol. The molecule has 0 atom stereocenters. The molecule has 1 aliphatic rings. The molecule has 28 heavy (non-hydrogen) atoms. The van der Waals surface area contributed by atoms with Gasteiger partial charge in [0, 0.05) is 30.0 Å². The number of rotatable bonds is 8. The number of benzene rings is 2. The second kappa shape index (κ2) is 10.0. The van der Waals surface area contributed by atoms with Gasteiger partial charge >= 0.3 is 0 Å². The summed E-state index contributed by atoms with van der Waals surface area (Å²) >= 11 is 0. The molecule has 5 heteroatoms. The molecule has 0 saturated carbocycles. The molecule has 2 aromatic carbocycles. The van der Waals surface area contributed by atoms with Gasteiger partial charge in [-0.1, -0.05) is 37.3 Å². The van der Waals surface area contributed by atoms with Crippen LogP contribution in [0.4, 0.5) is 0 Å². The van der Waals surface area contributed by atoms with Crippen molar-refractivity contribution in [2.75, 3.05) is 26.2 Å². The van der Waals surface area contributed by atoms with Crippen LogP contribution in [0.5, 0.6) is 5.75 Å². The lowest BCUT2D eigenvalue weighted by molar-refractivity contribution is -0.905. The highest BCUT2D eigenvalue weighted by Gasteiger charge is 2.22. The van der Waals surface area contributed by atoms with Crippen molar-refractivity contribution in [1.82, 2.24) is 5.32 Å². The van der Waals surface area contributed by atoms with Crippen molar-refractivity contribution in [2.24, 2.45) is 0 Å². The van der Waals surface area contributed by atoms with E-state index in [0.29, 0.717) is 16.9 Å². The zero-order chi connectivity index (χ0) is 19.8. The Labute approximate surface area is 166 Å². The van der Waals surface area contributed by atoms with E-state index in [4.69, 9.17) is 4.74 Å². The minimum Gasteiger partial charge on any atom is -0.484 e. The number of nitrogens with one attached hydrogen (secondary N) is 2. The third-order valence-corrected chi connectivity index (χ3v) is 5.18. The summed E-state index contributed by atoms with van der Waals surface area (Å²) in [5, 5.41) is 3.07. The topological polar surface area (TPSA) is 59.8 Å². The number of carbonyl (C=O) groups excluding carboxylic acids is 2. The molecule has 0 unspecified atom stereocenters. The molecule has 3 rings (SSSR count). The molecule has 1 heterocycles. The number of quaternary nitrogens is 1. The Hall–Kier alpha value is -2.66. The summed E-state index contributed by atoms with van der Waals surface area (Å²) in [5.74, 6) is 0.469. The van der Waals surface area contributed by atoms with Gasteiger partial charge in [0.05, 0.1) is 19.6 Å². The molecule has 0 radical (unpaired) electrons. The predicted molar refractivity (Wildman–Crippen MR) is 109 cm³/mol. The number of hydrogen-bond donors (Lipinski definition) is 2. The first-order valence-electron chi connectivity index (χ1n) is 10.1. The number of hydrogen-bond acceptors (Lipinski definition) is 3. The summed E-state index contributed by atoms with van der Waals surface area (Å²) < 4.78 is 5.58. The van der Waals surface area contributed by atoms with E-state index >= 15 is 0 Å². The van der Waals surface area contributed by atoms with Gasteiger partial charge in [0.1, 0.15) is 5.75 Å². The van der Waals surface area contributed by atoms with Gasteiger partial charge < -0.3 is 15.0 Å². The van der Waals surface area contributed by atoms with Crippen molar-refractivity contribution in [3.05, 3.63) is 65.7 Å². The molecule has 1 saturated heterocycles. The van der Waals surface area contributed by atoms with Gasteiger partial charge in [0.25, 0.3) is 5.91 Å². The van der Waals surface area contributed by atoms with Crippen LogP contribution >= 0.6 is 0 Å². The molecule has 1 amide bonds. The maximum atomic E-state index is 12.4. The average molecular weight is 381 g/mol. The molecular formula is C23H29N2O3+. The van der Waals surface area contributed by atoms with Crippen LogP contribution in [0.3, 0.4) is 0 Å². The maximum Gasteiger partial charge on any atom is 0.258 e. The van der Waals surface area contributed by atoms with Crippen molar-refractivity contribution in [3.8, 4) is 5.75 Å². The van der Waals surface area contributed by atoms with Gasteiger partial charge in [-0.15, -0.1) is 0 Å². The Balaban J connectivity index is 1.43. The summed E-state index contributed by atoms with van der Waals surface area (Å²) in [6.07, 6.45) is 3.25. The van der Waals surface area contributed by atoms with Crippen LogP contribution in [0.25, 0.3) is 0 Å². The Morgan fingerprint density at radius 2 is 1.64 bits per heavy atom. The lowest BCUT2D eigenvalue weighted by atomic mass is 10.0. The van der Waals surface area contributed by atoms with Crippen LogP contribution in [-0.2, 0) is 4.79 Å². The normalized spacial score (nSPS) is 19.0. The van der Waals surface area contributed by atoms with E-state index in [9.17, 15) is 9.59 Å². The van der Waals surface area contributed by atoms with Crippen LogP contribution < -0.4 is 15.0 Å². The lowest BCUT2D eigenvalue weighted by Gasteiger charge is -2.29. The zero-order valence-corrected chi connectivity index (χ0v) is 16.4. The largest absolute Gasteiger partial charge is 0.484 e. The summed E-state index contributed by atoms with van der Waals surface area (Å²) in [4.78, 5) is 26.2. The van der Waals surface area contributed by atoms with E-state index in [1.165, 1.54) is 13.0 Å². The molecule has 2 aromatic rings. The molecule has 1 fully saturated rings. The highest BCUT2D eigenvalue weighted by Crippen LogP contribution is 2.15. The number of amides is 1. The van der Waals surface area contributed by atoms with Crippen LogP contribution in [0, 0.1) is 0 Å². The number of ether oxygens (including phenoxy) is 1. The number of carbonyl (C=O) groups is 2. The highest BCUT2D eigenvalue weighted by molar-refractivity contribution is 6.08. The van der Waals surface area contributed by atoms with Crippen LogP contribution in [0.15, 0.2) is 54.6 Å². The summed E-state index contributed by atoms with van der Waals surface area (Å²) in [5.41, 5.74) is 1.26. The smallest absolute Gasteiger partial charge is 0.258 e. The van der Waals surface area contributed by atoms with Crippen molar-refractivity contribution in [2.45, 2.75) is 32.2 Å². The molecule has 148 valence electrons. The summed E-state index contributed by atoms with van der Waals surface area (Å²) in [6, 6.07) is 16.3. The fraction of sp³-hybridized carbons (Fsp3) is 0.391. The summed E-state index contributed by atoms with van der Waals surface area (Å²) in [7, 11) is 0. The van der Waals surface area contributed by atoms with Crippen LogP contribution in [0.1, 0.15) is 42.1 Å². The third-order valence-electron chi connectivity index (χ3n) is 5.18. The van der Waals surface area contributed by atoms with Gasteiger partial charge in [-0.25, -0.2) is 0 Å². The second-order valence-corrected chi connectivity index (χ2v) is 7.35. The van der Waals surface area contributed by atoms with E-state index < -0.39 is 0 Å². The standard InChI is InChI=1S/C23H28N2O3/c1-2-14-25-15-12-20(13-16-25)24-22(26)17-28-21-10-8-19(9-11-21)23(27)18-6-4-3-5-7-18/h3-11,20H,2,12-17H2,1H3,(H,24,26)/p+1. The highest BCUT2D eigenvalue weighted by atomic mass is 16.5. The van der Waals surface area contributed by atoms with E-state index in [2.05, 4.69) is 12.2 Å². The second-order valence-electron chi connectivity index (χ2n) is 7.35. The summed E-state index contributed by atoms with van der Waals surface area (Å²) in [6.45, 7) is 5.66. The first kappa shape index (κ1) is 20.1. The lowest BCUT2D eigenvalue weighted by Crippen LogP contribution is -3.13. The van der Waals surface area contributed by atoms with E-state index in [-0.39, 0.29) is 24.3 Å². The molecule has 0 spiro atoms.